The molecule has 3 N–H and O–H groups in total. The highest BCUT2D eigenvalue weighted by Crippen LogP contribution is 2.32. The van der Waals surface area contributed by atoms with E-state index in [1.165, 1.54) is 0 Å². The van der Waals surface area contributed by atoms with Crippen LogP contribution in [0.1, 0.15) is 31.4 Å². The summed E-state index contributed by atoms with van der Waals surface area (Å²) < 4.78 is 0. The van der Waals surface area contributed by atoms with E-state index in [2.05, 4.69) is 9.97 Å². The predicted molar refractivity (Wildman–Crippen MR) is 72.9 cm³/mol. The maximum atomic E-state index is 10.4. The van der Waals surface area contributed by atoms with Crippen molar-refractivity contribution in [2.45, 2.75) is 38.2 Å². The SMILES string of the molecule is Cc1nc(Cl)nc(N(C)CC2(O)CCCC2)c1N. The monoisotopic (exact) mass is 270 g/mol. The number of aryl methyl sites for hydroxylation is 1. The number of anilines is 2. The number of rotatable bonds is 3. The molecule has 1 aliphatic carbocycles. The van der Waals surface area contributed by atoms with Crippen molar-refractivity contribution in [1.82, 2.24) is 9.97 Å². The number of nitrogens with two attached hydrogens (primary N) is 1. The van der Waals surface area contributed by atoms with Gasteiger partial charge in [0.2, 0.25) is 5.28 Å². The van der Waals surface area contributed by atoms with E-state index in [-0.39, 0.29) is 5.28 Å². The summed E-state index contributed by atoms with van der Waals surface area (Å²) in [5.41, 5.74) is 6.51. The molecule has 0 bridgehead atoms. The number of hydrogen-bond acceptors (Lipinski definition) is 5. The number of hydrogen-bond donors (Lipinski definition) is 2. The summed E-state index contributed by atoms with van der Waals surface area (Å²) in [6.07, 6.45) is 3.80. The van der Waals surface area contributed by atoms with E-state index < -0.39 is 5.60 Å². The molecule has 0 radical (unpaired) electrons. The van der Waals surface area contributed by atoms with E-state index >= 15 is 0 Å². The number of nitrogen functional groups attached to an aromatic ring is 1. The zero-order valence-electron chi connectivity index (χ0n) is 10.8. The molecule has 0 saturated heterocycles. The van der Waals surface area contributed by atoms with Crippen LogP contribution in [0.15, 0.2) is 0 Å². The lowest BCUT2D eigenvalue weighted by Gasteiger charge is -2.30. The van der Waals surface area contributed by atoms with Crippen LogP contribution >= 0.6 is 11.6 Å². The Morgan fingerprint density at radius 3 is 2.61 bits per heavy atom. The molecule has 1 aromatic heterocycles. The minimum absolute atomic E-state index is 0.182. The molecule has 100 valence electrons. The maximum Gasteiger partial charge on any atom is 0.224 e. The number of aromatic nitrogens is 2. The Morgan fingerprint density at radius 1 is 1.39 bits per heavy atom. The molecule has 0 atom stereocenters. The van der Waals surface area contributed by atoms with Crippen molar-refractivity contribution in [3.63, 3.8) is 0 Å². The van der Waals surface area contributed by atoms with Crippen LogP contribution < -0.4 is 10.6 Å². The summed E-state index contributed by atoms with van der Waals surface area (Å²) in [6, 6.07) is 0. The highest BCUT2D eigenvalue weighted by molar-refractivity contribution is 6.28. The molecule has 1 fully saturated rings. The lowest BCUT2D eigenvalue weighted by molar-refractivity contribution is 0.0558. The van der Waals surface area contributed by atoms with Gasteiger partial charge in [-0.3, -0.25) is 0 Å². The quantitative estimate of drug-likeness (QED) is 0.819. The molecule has 1 heterocycles. The highest BCUT2D eigenvalue weighted by Gasteiger charge is 2.33. The second-order valence-corrected chi connectivity index (χ2v) is 5.44. The first-order valence-corrected chi connectivity index (χ1v) is 6.52. The van der Waals surface area contributed by atoms with Crippen molar-refractivity contribution in [2.75, 3.05) is 24.2 Å². The van der Waals surface area contributed by atoms with Crippen LogP contribution in [0, 0.1) is 6.92 Å². The number of likely N-dealkylation sites (N-methyl/N-ethyl adjacent to an activating group) is 1. The molecule has 2 rings (SSSR count). The van der Waals surface area contributed by atoms with Crippen LogP contribution in [0.5, 0.6) is 0 Å². The summed E-state index contributed by atoms with van der Waals surface area (Å²) >= 11 is 5.85. The van der Waals surface area contributed by atoms with Crippen molar-refractivity contribution < 1.29 is 5.11 Å². The van der Waals surface area contributed by atoms with Gasteiger partial charge in [-0.2, -0.15) is 4.98 Å². The minimum Gasteiger partial charge on any atom is -0.394 e. The lowest BCUT2D eigenvalue weighted by Crippen LogP contribution is -2.40. The third-order valence-corrected chi connectivity index (χ3v) is 3.69. The fourth-order valence-corrected chi connectivity index (χ4v) is 2.74. The first-order chi connectivity index (χ1) is 8.41. The van der Waals surface area contributed by atoms with Crippen LogP contribution in [0.3, 0.4) is 0 Å². The van der Waals surface area contributed by atoms with E-state index in [0.717, 1.165) is 25.7 Å². The predicted octanol–water partition coefficient (Wildman–Crippen LogP) is 1.76. The van der Waals surface area contributed by atoms with Crippen molar-refractivity contribution in [2.24, 2.45) is 0 Å². The zero-order chi connectivity index (χ0) is 13.3. The van der Waals surface area contributed by atoms with Gasteiger partial charge in [0.15, 0.2) is 5.82 Å². The largest absolute Gasteiger partial charge is 0.394 e. The van der Waals surface area contributed by atoms with Gasteiger partial charge in [-0.05, 0) is 31.4 Å². The smallest absolute Gasteiger partial charge is 0.224 e. The Hall–Kier alpha value is -1.07. The lowest BCUT2D eigenvalue weighted by atomic mass is 10.0. The summed E-state index contributed by atoms with van der Waals surface area (Å²) in [5.74, 6) is 0.591. The number of nitrogens with zero attached hydrogens (tertiary/aromatic N) is 3. The molecule has 1 saturated carbocycles. The van der Waals surface area contributed by atoms with Crippen LogP contribution in [-0.2, 0) is 0 Å². The normalized spacial score (nSPS) is 18.0. The number of aliphatic hydroxyl groups is 1. The molecule has 0 amide bonds. The van der Waals surface area contributed by atoms with Gasteiger partial charge in [0.1, 0.15) is 0 Å². The average molecular weight is 271 g/mol. The van der Waals surface area contributed by atoms with Crippen LogP contribution in [-0.4, -0.2) is 34.3 Å². The Morgan fingerprint density at radius 2 is 2.00 bits per heavy atom. The summed E-state index contributed by atoms with van der Waals surface area (Å²) in [5, 5.41) is 10.6. The Labute approximate surface area is 112 Å². The maximum absolute atomic E-state index is 10.4. The van der Waals surface area contributed by atoms with Crippen molar-refractivity contribution in [1.29, 1.82) is 0 Å². The van der Waals surface area contributed by atoms with E-state index in [4.69, 9.17) is 17.3 Å². The Bertz CT molecular complexity index is 446. The van der Waals surface area contributed by atoms with Crippen LogP contribution in [0.2, 0.25) is 5.28 Å². The van der Waals surface area contributed by atoms with E-state index in [1.807, 2.05) is 11.9 Å². The first-order valence-electron chi connectivity index (χ1n) is 6.14. The van der Waals surface area contributed by atoms with Crippen molar-refractivity contribution >= 4 is 23.1 Å². The Kier molecular flexibility index (Phi) is 3.64. The molecule has 0 unspecified atom stereocenters. The van der Waals surface area contributed by atoms with Gasteiger partial charge in [0, 0.05) is 13.6 Å². The average Bonchev–Trinajstić information content (AvgIpc) is 2.70. The van der Waals surface area contributed by atoms with E-state index in [1.54, 1.807) is 6.92 Å². The van der Waals surface area contributed by atoms with E-state index in [0.29, 0.717) is 23.7 Å². The Balaban J connectivity index is 2.20. The molecule has 6 heteroatoms. The number of halogens is 1. The van der Waals surface area contributed by atoms with Gasteiger partial charge in [0.25, 0.3) is 0 Å². The molecular formula is C12H19ClN4O. The summed E-state index contributed by atoms with van der Waals surface area (Å²) in [7, 11) is 1.87. The van der Waals surface area contributed by atoms with Gasteiger partial charge < -0.3 is 15.7 Å². The van der Waals surface area contributed by atoms with Gasteiger partial charge >= 0.3 is 0 Å². The third-order valence-electron chi connectivity index (χ3n) is 3.52. The van der Waals surface area contributed by atoms with Crippen molar-refractivity contribution in [3.05, 3.63) is 11.0 Å². The zero-order valence-corrected chi connectivity index (χ0v) is 11.5. The standard InChI is InChI=1S/C12H19ClN4O/c1-8-9(14)10(16-11(13)15-8)17(2)7-12(18)5-3-4-6-12/h18H,3-7,14H2,1-2H3. The minimum atomic E-state index is -0.632. The molecule has 0 aliphatic heterocycles. The second-order valence-electron chi connectivity index (χ2n) is 5.10. The van der Waals surface area contributed by atoms with Gasteiger partial charge in [-0.15, -0.1) is 0 Å². The van der Waals surface area contributed by atoms with Crippen LogP contribution in [0.25, 0.3) is 0 Å². The summed E-state index contributed by atoms with van der Waals surface area (Å²) in [4.78, 5) is 10.0. The molecule has 1 aliphatic rings. The molecule has 5 nitrogen and oxygen atoms in total. The van der Waals surface area contributed by atoms with Gasteiger partial charge in [0.05, 0.1) is 17.0 Å². The van der Waals surface area contributed by atoms with Crippen LogP contribution in [0.4, 0.5) is 11.5 Å². The highest BCUT2D eigenvalue weighted by atomic mass is 35.5. The van der Waals surface area contributed by atoms with Crippen molar-refractivity contribution in [3.8, 4) is 0 Å². The molecule has 0 spiro atoms. The molecule has 18 heavy (non-hydrogen) atoms. The van der Waals surface area contributed by atoms with E-state index in [9.17, 15) is 5.11 Å². The second kappa shape index (κ2) is 4.90. The van der Waals surface area contributed by atoms with Gasteiger partial charge in [-0.1, -0.05) is 12.8 Å². The van der Waals surface area contributed by atoms with Gasteiger partial charge in [-0.25, -0.2) is 4.98 Å². The summed E-state index contributed by atoms with van der Waals surface area (Å²) in [6.45, 7) is 2.31. The molecule has 0 aromatic carbocycles. The fourth-order valence-electron chi connectivity index (χ4n) is 2.53. The topological polar surface area (TPSA) is 75.3 Å². The molecular weight excluding hydrogens is 252 g/mol. The first kappa shape index (κ1) is 13.4. The molecule has 1 aromatic rings. The third kappa shape index (κ3) is 2.67. The fraction of sp³-hybridized carbons (Fsp3) is 0.667.